The fourth-order valence-corrected chi connectivity index (χ4v) is 4.73. The van der Waals surface area contributed by atoms with Gasteiger partial charge in [0, 0.05) is 11.1 Å². The average molecular weight is 539 g/mol. The van der Waals surface area contributed by atoms with Crippen molar-refractivity contribution in [2.24, 2.45) is 0 Å². The molecule has 5 nitrogen and oxygen atoms in total. The molecule has 0 heterocycles. The SMILES string of the molecule is COc1ccc(COc2ccc3ccccc3c2-c2c(OS(=O)(=O)C(F)(F)F)ccc3ccccc23)cc1. The molecule has 0 saturated carbocycles. The Morgan fingerprint density at radius 2 is 1.21 bits per heavy atom. The lowest BCUT2D eigenvalue weighted by atomic mass is 9.92. The van der Waals surface area contributed by atoms with E-state index in [0.29, 0.717) is 33.2 Å². The van der Waals surface area contributed by atoms with Crippen LogP contribution in [-0.2, 0) is 16.7 Å². The van der Waals surface area contributed by atoms with E-state index in [1.165, 1.54) is 12.1 Å². The Hall–Kier alpha value is -4.24. The highest BCUT2D eigenvalue weighted by Crippen LogP contribution is 2.46. The van der Waals surface area contributed by atoms with E-state index in [4.69, 9.17) is 13.7 Å². The first-order chi connectivity index (χ1) is 18.2. The van der Waals surface area contributed by atoms with Crippen molar-refractivity contribution < 1.29 is 35.2 Å². The second-order valence-electron chi connectivity index (χ2n) is 8.44. The molecule has 0 unspecified atom stereocenters. The van der Waals surface area contributed by atoms with Gasteiger partial charge in [0.2, 0.25) is 0 Å². The van der Waals surface area contributed by atoms with Crippen molar-refractivity contribution in [3.8, 4) is 28.4 Å². The quantitative estimate of drug-likeness (QED) is 0.159. The zero-order valence-electron chi connectivity index (χ0n) is 20.0. The van der Waals surface area contributed by atoms with Crippen LogP contribution in [0.4, 0.5) is 13.2 Å². The lowest BCUT2D eigenvalue weighted by Gasteiger charge is -2.20. The third kappa shape index (κ3) is 4.84. The van der Waals surface area contributed by atoms with Gasteiger partial charge in [-0.25, -0.2) is 0 Å². The van der Waals surface area contributed by atoms with Gasteiger partial charge in [0.05, 0.1) is 7.11 Å². The smallest absolute Gasteiger partial charge is 0.497 e. The van der Waals surface area contributed by atoms with Crippen molar-refractivity contribution in [3.05, 3.63) is 103 Å². The molecule has 194 valence electrons. The highest BCUT2D eigenvalue weighted by Gasteiger charge is 2.49. The maximum absolute atomic E-state index is 13.3. The van der Waals surface area contributed by atoms with Gasteiger partial charge in [0.15, 0.2) is 5.75 Å². The summed E-state index contributed by atoms with van der Waals surface area (Å²) in [5, 5.41) is 2.64. The number of ether oxygens (including phenoxy) is 2. The molecular weight excluding hydrogens is 517 g/mol. The van der Waals surface area contributed by atoms with Crippen molar-refractivity contribution in [1.29, 1.82) is 0 Å². The van der Waals surface area contributed by atoms with Crippen LogP contribution in [0.2, 0.25) is 0 Å². The lowest BCUT2D eigenvalue weighted by molar-refractivity contribution is -0.0499. The van der Waals surface area contributed by atoms with Crippen LogP contribution in [0.25, 0.3) is 32.7 Å². The maximum atomic E-state index is 13.3. The zero-order valence-corrected chi connectivity index (χ0v) is 20.8. The van der Waals surface area contributed by atoms with E-state index < -0.39 is 21.4 Å². The van der Waals surface area contributed by atoms with E-state index in [9.17, 15) is 21.6 Å². The average Bonchev–Trinajstić information content (AvgIpc) is 2.91. The van der Waals surface area contributed by atoms with Gasteiger partial charge in [-0.05, 0) is 51.4 Å². The fraction of sp³-hybridized carbons (Fsp3) is 0.103. The van der Waals surface area contributed by atoms with Gasteiger partial charge in [-0.15, -0.1) is 0 Å². The largest absolute Gasteiger partial charge is 0.534 e. The first kappa shape index (κ1) is 25.4. The predicted molar refractivity (Wildman–Crippen MR) is 140 cm³/mol. The summed E-state index contributed by atoms with van der Waals surface area (Å²) in [6.07, 6.45) is 0. The highest BCUT2D eigenvalue weighted by molar-refractivity contribution is 7.88. The van der Waals surface area contributed by atoms with Crippen molar-refractivity contribution >= 4 is 31.7 Å². The van der Waals surface area contributed by atoms with E-state index in [-0.39, 0.29) is 12.2 Å². The molecule has 0 spiro atoms. The summed E-state index contributed by atoms with van der Waals surface area (Å²) in [6, 6.07) is 27.8. The van der Waals surface area contributed by atoms with Gasteiger partial charge in [-0.2, -0.15) is 21.6 Å². The molecule has 0 aliphatic carbocycles. The second-order valence-corrected chi connectivity index (χ2v) is 9.98. The Bertz CT molecular complexity index is 1730. The molecular formula is C29H21F3O5S. The molecule has 5 rings (SSSR count). The Morgan fingerprint density at radius 3 is 1.76 bits per heavy atom. The number of halogens is 3. The molecule has 0 atom stereocenters. The minimum absolute atomic E-state index is 0.150. The van der Waals surface area contributed by atoms with Crippen LogP contribution in [0.3, 0.4) is 0 Å². The lowest BCUT2D eigenvalue weighted by Crippen LogP contribution is -2.28. The standard InChI is InChI=1S/C29H21F3O5S/c1-35-22-14-10-19(11-15-22)18-36-25-16-12-20-6-2-4-8-23(20)27(25)28-24-9-5-3-7-21(24)13-17-26(28)37-38(33,34)29(30,31)32/h2-17H,18H2,1H3. The van der Waals surface area contributed by atoms with Crippen molar-refractivity contribution in [1.82, 2.24) is 0 Å². The van der Waals surface area contributed by atoms with E-state index >= 15 is 0 Å². The highest BCUT2D eigenvalue weighted by atomic mass is 32.2. The minimum atomic E-state index is -5.93. The van der Waals surface area contributed by atoms with Crippen LogP contribution in [-0.4, -0.2) is 21.0 Å². The normalized spacial score (nSPS) is 12.0. The molecule has 9 heteroatoms. The van der Waals surface area contributed by atoms with Crippen LogP contribution < -0.4 is 13.7 Å². The third-order valence-corrected chi connectivity index (χ3v) is 7.03. The number of rotatable bonds is 7. The topological polar surface area (TPSA) is 61.8 Å². The van der Waals surface area contributed by atoms with Gasteiger partial charge >= 0.3 is 15.6 Å². The summed E-state index contributed by atoms with van der Waals surface area (Å²) >= 11 is 0. The Morgan fingerprint density at radius 1 is 0.684 bits per heavy atom. The maximum Gasteiger partial charge on any atom is 0.534 e. The van der Waals surface area contributed by atoms with Crippen LogP contribution in [0.15, 0.2) is 97.1 Å². The molecule has 0 bridgehead atoms. The van der Waals surface area contributed by atoms with Gasteiger partial charge in [0.1, 0.15) is 18.1 Å². The molecule has 5 aromatic rings. The molecule has 0 aliphatic rings. The van der Waals surface area contributed by atoms with E-state index in [1.807, 2.05) is 30.3 Å². The number of hydrogen-bond donors (Lipinski definition) is 0. The molecule has 5 aromatic carbocycles. The minimum Gasteiger partial charge on any atom is -0.497 e. The van der Waals surface area contributed by atoms with Crippen LogP contribution in [0, 0.1) is 0 Å². The molecule has 38 heavy (non-hydrogen) atoms. The van der Waals surface area contributed by atoms with E-state index in [1.54, 1.807) is 61.7 Å². The molecule has 0 fully saturated rings. The fourth-order valence-electron chi connectivity index (χ4n) is 4.26. The van der Waals surface area contributed by atoms with E-state index in [2.05, 4.69) is 0 Å². The van der Waals surface area contributed by atoms with E-state index in [0.717, 1.165) is 10.9 Å². The number of hydrogen-bond acceptors (Lipinski definition) is 5. The van der Waals surface area contributed by atoms with Crippen LogP contribution >= 0.6 is 0 Å². The Balaban J connectivity index is 1.73. The molecule has 0 N–H and O–H groups in total. The van der Waals surface area contributed by atoms with Gasteiger partial charge in [0.25, 0.3) is 0 Å². The molecule has 0 amide bonds. The first-order valence-electron chi connectivity index (χ1n) is 11.5. The summed E-state index contributed by atoms with van der Waals surface area (Å²) in [7, 11) is -4.37. The molecule has 0 radical (unpaired) electrons. The Labute approximate surface area is 217 Å². The number of methoxy groups -OCH3 is 1. The summed E-state index contributed by atoms with van der Waals surface area (Å²) < 4.78 is 80.2. The van der Waals surface area contributed by atoms with Crippen LogP contribution in [0.1, 0.15) is 5.56 Å². The summed E-state index contributed by atoms with van der Waals surface area (Å²) in [5.74, 6) is 0.584. The second kappa shape index (κ2) is 9.90. The third-order valence-electron chi connectivity index (χ3n) is 6.07. The van der Waals surface area contributed by atoms with Crippen molar-refractivity contribution in [3.63, 3.8) is 0 Å². The summed E-state index contributed by atoms with van der Waals surface area (Å²) in [5.41, 5.74) is -4.17. The van der Waals surface area contributed by atoms with Crippen molar-refractivity contribution in [2.45, 2.75) is 12.1 Å². The first-order valence-corrected chi connectivity index (χ1v) is 12.9. The van der Waals surface area contributed by atoms with Crippen LogP contribution in [0.5, 0.6) is 17.2 Å². The predicted octanol–water partition coefficient (Wildman–Crippen LogP) is 7.48. The summed E-state index contributed by atoms with van der Waals surface area (Å²) in [6.45, 7) is 0.150. The van der Waals surface area contributed by atoms with Gasteiger partial charge in [-0.1, -0.05) is 72.8 Å². The molecule has 0 saturated heterocycles. The monoisotopic (exact) mass is 538 g/mol. The summed E-state index contributed by atoms with van der Waals surface area (Å²) in [4.78, 5) is 0. The number of alkyl halides is 3. The molecule has 0 aliphatic heterocycles. The number of fused-ring (bicyclic) bond motifs is 2. The Kier molecular flexibility index (Phi) is 6.62. The zero-order chi connectivity index (χ0) is 26.9. The number of benzene rings is 5. The van der Waals surface area contributed by atoms with Gasteiger partial charge in [-0.3, -0.25) is 0 Å². The molecule has 0 aromatic heterocycles. The van der Waals surface area contributed by atoms with Crippen molar-refractivity contribution in [2.75, 3.05) is 7.11 Å². The van der Waals surface area contributed by atoms with Gasteiger partial charge < -0.3 is 13.7 Å².